The Kier molecular flexibility index (Phi) is 7.75. The quantitative estimate of drug-likeness (QED) is 0.673. The molecule has 0 aliphatic rings. The van der Waals surface area contributed by atoms with Gasteiger partial charge in [0.05, 0.1) is 5.75 Å². The van der Waals surface area contributed by atoms with E-state index in [9.17, 15) is 18.0 Å². The molecule has 0 saturated carbocycles. The van der Waals surface area contributed by atoms with Crippen LogP contribution in [0.3, 0.4) is 0 Å². The smallest absolute Gasteiger partial charge is 0.239 e. The molecule has 0 saturated heterocycles. The SMILES string of the molecule is CC(C)C(=O)Nc1ccc(NC(=O)CS(=O)(=O)CCCc2ccccc2)cc1. The van der Waals surface area contributed by atoms with E-state index in [0.717, 1.165) is 5.56 Å². The van der Waals surface area contributed by atoms with Crippen molar-refractivity contribution >= 4 is 33.0 Å². The molecule has 0 fully saturated rings. The first kappa shape index (κ1) is 21.6. The molecule has 28 heavy (non-hydrogen) atoms. The summed E-state index contributed by atoms with van der Waals surface area (Å²) in [6.07, 6.45) is 1.13. The normalized spacial score (nSPS) is 11.2. The van der Waals surface area contributed by atoms with Crippen molar-refractivity contribution in [3.05, 3.63) is 60.2 Å². The number of rotatable bonds is 9. The zero-order valence-electron chi connectivity index (χ0n) is 16.1. The molecule has 2 rings (SSSR count). The van der Waals surface area contributed by atoms with Crippen molar-refractivity contribution in [1.82, 2.24) is 0 Å². The molecule has 7 heteroatoms. The minimum absolute atomic E-state index is 0.0323. The predicted octanol–water partition coefficient (Wildman–Crippen LogP) is 3.27. The molecular weight excluding hydrogens is 376 g/mol. The van der Waals surface area contributed by atoms with E-state index < -0.39 is 21.5 Å². The van der Waals surface area contributed by atoms with Crippen molar-refractivity contribution in [3.63, 3.8) is 0 Å². The first-order valence-corrected chi connectivity index (χ1v) is 11.0. The lowest BCUT2D eigenvalue weighted by atomic mass is 10.1. The Morgan fingerprint density at radius 3 is 2.04 bits per heavy atom. The van der Waals surface area contributed by atoms with Gasteiger partial charge in [-0.25, -0.2) is 8.42 Å². The standard InChI is InChI=1S/C21H26N2O4S/c1-16(2)21(25)23-19-12-10-18(11-13-19)22-20(24)15-28(26,27)14-6-9-17-7-4-3-5-8-17/h3-5,7-8,10-13,16H,6,9,14-15H2,1-2H3,(H,22,24)(H,23,25). The number of amides is 2. The van der Waals surface area contributed by atoms with Crippen LogP contribution in [0.25, 0.3) is 0 Å². The number of carbonyl (C=O) groups excluding carboxylic acids is 2. The Morgan fingerprint density at radius 1 is 0.893 bits per heavy atom. The molecule has 0 aromatic heterocycles. The Bertz CT molecular complexity index is 892. The third-order valence-electron chi connectivity index (χ3n) is 4.08. The van der Waals surface area contributed by atoms with Crippen molar-refractivity contribution in [2.75, 3.05) is 22.1 Å². The molecule has 0 atom stereocenters. The van der Waals surface area contributed by atoms with Gasteiger partial charge in [0.15, 0.2) is 9.84 Å². The molecule has 150 valence electrons. The monoisotopic (exact) mass is 402 g/mol. The predicted molar refractivity (Wildman–Crippen MR) is 112 cm³/mol. The Labute approximate surface area is 166 Å². The summed E-state index contributed by atoms with van der Waals surface area (Å²) in [4.78, 5) is 23.7. The fourth-order valence-corrected chi connectivity index (χ4v) is 3.73. The molecule has 0 heterocycles. The summed E-state index contributed by atoms with van der Waals surface area (Å²) in [5.41, 5.74) is 2.17. The van der Waals surface area contributed by atoms with Gasteiger partial charge in [-0.2, -0.15) is 0 Å². The van der Waals surface area contributed by atoms with E-state index in [2.05, 4.69) is 10.6 Å². The Morgan fingerprint density at radius 2 is 1.46 bits per heavy atom. The lowest BCUT2D eigenvalue weighted by molar-refractivity contribution is -0.119. The van der Waals surface area contributed by atoms with E-state index >= 15 is 0 Å². The highest BCUT2D eigenvalue weighted by atomic mass is 32.2. The van der Waals surface area contributed by atoms with Crippen LogP contribution in [0.15, 0.2) is 54.6 Å². The van der Waals surface area contributed by atoms with Gasteiger partial charge in [0, 0.05) is 17.3 Å². The van der Waals surface area contributed by atoms with E-state index in [1.165, 1.54) is 0 Å². The van der Waals surface area contributed by atoms with Gasteiger partial charge in [-0.05, 0) is 42.7 Å². The van der Waals surface area contributed by atoms with E-state index in [1.807, 2.05) is 30.3 Å². The third-order valence-corrected chi connectivity index (χ3v) is 5.69. The van der Waals surface area contributed by atoms with Crippen LogP contribution in [-0.4, -0.2) is 31.7 Å². The second-order valence-corrected chi connectivity index (χ2v) is 9.13. The highest BCUT2D eigenvalue weighted by molar-refractivity contribution is 7.92. The van der Waals surface area contributed by atoms with Crippen LogP contribution in [0, 0.1) is 5.92 Å². The number of anilines is 2. The van der Waals surface area contributed by atoms with Crippen molar-refractivity contribution in [2.24, 2.45) is 5.92 Å². The highest BCUT2D eigenvalue weighted by Gasteiger charge is 2.16. The van der Waals surface area contributed by atoms with Gasteiger partial charge in [0.1, 0.15) is 5.75 Å². The molecule has 0 unspecified atom stereocenters. The first-order chi connectivity index (χ1) is 13.2. The molecule has 0 radical (unpaired) electrons. The second kappa shape index (κ2) is 10.0. The van der Waals surface area contributed by atoms with Gasteiger partial charge in [0.2, 0.25) is 11.8 Å². The maximum absolute atomic E-state index is 12.2. The Hall–Kier alpha value is -2.67. The summed E-state index contributed by atoms with van der Waals surface area (Å²) < 4.78 is 24.3. The summed E-state index contributed by atoms with van der Waals surface area (Å²) in [6.45, 7) is 3.59. The topological polar surface area (TPSA) is 92.3 Å². The molecule has 0 aliphatic carbocycles. The van der Waals surface area contributed by atoms with Crippen molar-refractivity contribution in [2.45, 2.75) is 26.7 Å². The van der Waals surface area contributed by atoms with Gasteiger partial charge < -0.3 is 10.6 Å². The van der Waals surface area contributed by atoms with Crippen LogP contribution in [0.5, 0.6) is 0 Å². The van der Waals surface area contributed by atoms with Crippen molar-refractivity contribution < 1.29 is 18.0 Å². The zero-order valence-corrected chi connectivity index (χ0v) is 17.0. The number of sulfone groups is 1. The molecule has 0 aliphatic heterocycles. The molecule has 2 aromatic rings. The van der Waals surface area contributed by atoms with Crippen LogP contribution in [0.1, 0.15) is 25.8 Å². The van der Waals surface area contributed by atoms with E-state index in [1.54, 1.807) is 38.1 Å². The summed E-state index contributed by atoms with van der Waals surface area (Å²) in [7, 11) is -3.47. The fraction of sp³-hybridized carbons (Fsp3) is 0.333. The summed E-state index contributed by atoms with van der Waals surface area (Å²) in [5.74, 6) is -1.38. The third kappa shape index (κ3) is 7.52. The molecule has 6 nitrogen and oxygen atoms in total. The average molecular weight is 403 g/mol. The molecule has 0 bridgehead atoms. The molecule has 2 amide bonds. The van der Waals surface area contributed by atoms with Crippen molar-refractivity contribution in [1.29, 1.82) is 0 Å². The van der Waals surface area contributed by atoms with E-state index in [-0.39, 0.29) is 17.6 Å². The van der Waals surface area contributed by atoms with Gasteiger partial charge in [-0.1, -0.05) is 44.2 Å². The van der Waals surface area contributed by atoms with Gasteiger partial charge in [-0.15, -0.1) is 0 Å². The average Bonchev–Trinajstić information content (AvgIpc) is 2.63. The fourth-order valence-electron chi connectivity index (χ4n) is 2.53. The molecule has 2 aromatic carbocycles. The van der Waals surface area contributed by atoms with Gasteiger partial charge in [-0.3, -0.25) is 9.59 Å². The summed E-state index contributed by atoms with van der Waals surface area (Å²) in [5, 5.41) is 5.33. The number of benzene rings is 2. The van der Waals surface area contributed by atoms with Crippen LogP contribution < -0.4 is 10.6 Å². The van der Waals surface area contributed by atoms with E-state index in [4.69, 9.17) is 0 Å². The number of nitrogens with one attached hydrogen (secondary N) is 2. The lowest BCUT2D eigenvalue weighted by Crippen LogP contribution is -2.25. The van der Waals surface area contributed by atoms with Crippen molar-refractivity contribution in [3.8, 4) is 0 Å². The van der Waals surface area contributed by atoms with Crippen LogP contribution in [-0.2, 0) is 25.8 Å². The Balaban J connectivity index is 1.81. The van der Waals surface area contributed by atoms with Gasteiger partial charge >= 0.3 is 0 Å². The zero-order chi connectivity index (χ0) is 20.6. The molecular formula is C21H26N2O4S. The van der Waals surface area contributed by atoms with Gasteiger partial charge in [0.25, 0.3) is 0 Å². The lowest BCUT2D eigenvalue weighted by Gasteiger charge is -2.10. The second-order valence-electron chi connectivity index (χ2n) is 6.95. The largest absolute Gasteiger partial charge is 0.326 e. The van der Waals surface area contributed by atoms with Crippen LogP contribution in [0.4, 0.5) is 11.4 Å². The minimum atomic E-state index is -3.47. The highest BCUT2D eigenvalue weighted by Crippen LogP contribution is 2.15. The summed E-state index contributed by atoms with van der Waals surface area (Å²) in [6, 6.07) is 16.2. The summed E-state index contributed by atoms with van der Waals surface area (Å²) >= 11 is 0. The number of carbonyl (C=O) groups is 2. The number of aryl methyl sites for hydroxylation is 1. The van der Waals surface area contributed by atoms with E-state index in [0.29, 0.717) is 24.2 Å². The molecule has 2 N–H and O–H groups in total. The minimum Gasteiger partial charge on any atom is -0.326 e. The van der Waals surface area contributed by atoms with Crippen LogP contribution in [0.2, 0.25) is 0 Å². The number of hydrogen-bond donors (Lipinski definition) is 2. The first-order valence-electron chi connectivity index (χ1n) is 9.20. The molecule has 0 spiro atoms. The number of hydrogen-bond acceptors (Lipinski definition) is 4. The maximum atomic E-state index is 12.2. The maximum Gasteiger partial charge on any atom is 0.239 e. The van der Waals surface area contributed by atoms with Crippen LogP contribution >= 0.6 is 0 Å².